The molecule has 1 aliphatic heterocycles. The van der Waals surface area contributed by atoms with Crippen molar-refractivity contribution in [3.63, 3.8) is 0 Å². The van der Waals surface area contributed by atoms with E-state index in [1.807, 2.05) is 0 Å². The number of rotatable bonds is 4. The van der Waals surface area contributed by atoms with Gasteiger partial charge in [0.2, 0.25) is 11.8 Å². The number of likely N-dealkylation sites (tertiary alicyclic amines) is 1. The van der Waals surface area contributed by atoms with Gasteiger partial charge in [-0.2, -0.15) is 4.39 Å². The summed E-state index contributed by atoms with van der Waals surface area (Å²) in [5, 5.41) is 11.8. The second-order valence-corrected chi connectivity index (χ2v) is 5.30. The first kappa shape index (κ1) is 15.9. The highest BCUT2D eigenvalue weighted by Crippen LogP contribution is 2.21. The molecule has 2 aromatic heterocycles. The summed E-state index contributed by atoms with van der Waals surface area (Å²) in [6, 6.07) is 4.73. The summed E-state index contributed by atoms with van der Waals surface area (Å²) < 4.78 is 19.3. The van der Waals surface area contributed by atoms with E-state index in [2.05, 4.69) is 20.3 Å². The van der Waals surface area contributed by atoms with Gasteiger partial charge < -0.3 is 20.1 Å². The number of carbonyl (C=O) groups is 1. The molecule has 0 radical (unpaired) electrons. The third kappa shape index (κ3) is 3.86. The Hall–Kier alpha value is -2.97. The zero-order valence-corrected chi connectivity index (χ0v) is 12.7. The van der Waals surface area contributed by atoms with E-state index in [4.69, 9.17) is 9.84 Å². The van der Waals surface area contributed by atoms with Crippen molar-refractivity contribution in [1.82, 2.24) is 19.9 Å². The minimum absolute atomic E-state index is 0.113. The smallest absolute Gasteiger partial charge is 0.407 e. The zero-order valence-electron chi connectivity index (χ0n) is 12.7. The van der Waals surface area contributed by atoms with E-state index in [-0.39, 0.29) is 11.8 Å². The van der Waals surface area contributed by atoms with Crippen molar-refractivity contribution >= 4 is 17.6 Å². The quantitative estimate of drug-likeness (QED) is 0.828. The van der Waals surface area contributed by atoms with Crippen LogP contribution in [0.15, 0.2) is 30.7 Å². The lowest BCUT2D eigenvalue weighted by molar-refractivity contribution is 0.0870. The number of amides is 1. The molecular weight excluding hydrogens is 317 g/mol. The molecule has 0 bridgehead atoms. The Bertz CT molecular complexity index is 722. The summed E-state index contributed by atoms with van der Waals surface area (Å²) in [7, 11) is 0. The van der Waals surface area contributed by atoms with Crippen molar-refractivity contribution in [2.24, 2.45) is 0 Å². The van der Waals surface area contributed by atoms with Crippen LogP contribution in [0.2, 0.25) is 0 Å². The minimum Gasteiger partial charge on any atom is -0.474 e. The average molecular weight is 333 g/mol. The van der Waals surface area contributed by atoms with Gasteiger partial charge in [-0.05, 0) is 12.1 Å². The van der Waals surface area contributed by atoms with Gasteiger partial charge in [0.05, 0.1) is 5.69 Å². The lowest BCUT2D eigenvalue weighted by Gasteiger charge is -2.29. The van der Waals surface area contributed by atoms with Crippen molar-refractivity contribution in [2.75, 3.05) is 18.4 Å². The van der Waals surface area contributed by atoms with Crippen molar-refractivity contribution in [2.45, 2.75) is 18.9 Å². The standard InChI is InChI=1S/C15H16FN5O3/c16-14-11(2-1-5-17-14)20-12-8-13(19-9-18-12)24-10-3-6-21(7-4-10)15(22)23/h1-2,5,8-10H,3-4,6-7H2,(H,22,23)(H,18,19,20). The number of nitrogens with one attached hydrogen (secondary N) is 1. The van der Waals surface area contributed by atoms with Crippen LogP contribution in [-0.2, 0) is 0 Å². The average Bonchev–Trinajstić information content (AvgIpc) is 2.58. The van der Waals surface area contributed by atoms with Crippen molar-refractivity contribution in [1.29, 1.82) is 0 Å². The summed E-state index contributed by atoms with van der Waals surface area (Å²) in [5.41, 5.74) is 0.205. The molecule has 0 spiro atoms. The van der Waals surface area contributed by atoms with Crippen molar-refractivity contribution < 1.29 is 19.0 Å². The molecule has 0 saturated carbocycles. The van der Waals surface area contributed by atoms with E-state index >= 15 is 0 Å². The fraction of sp³-hybridized carbons (Fsp3) is 0.333. The van der Waals surface area contributed by atoms with Crippen LogP contribution in [0.1, 0.15) is 12.8 Å². The van der Waals surface area contributed by atoms with Crippen LogP contribution >= 0.6 is 0 Å². The Labute approximate surface area is 137 Å². The van der Waals surface area contributed by atoms with Crippen molar-refractivity contribution in [3.05, 3.63) is 36.7 Å². The van der Waals surface area contributed by atoms with Gasteiger partial charge in [-0.1, -0.05) is 0 Å². The summed E-state index contributed by atoms with van der Waals surface area (Å²) in [6.07, 6.45) is 2.84. The molecule has 3 heterocycles. The molecule has 1 saturated heterocycles. The third-order valence-electron chi connectivity index (χ3n) is 3.66. The molecule has 0 aliphatic carbocycles. The Morgan fingerprint density at radius 2 is 2.12 bits per heavy atom. The van der Waals surface area contributed by atoms with Gasteiger partial charge in [-0.3, -0.25) is 0 Å². The second kappa shape index (κ2) is 7.07. The van der Waals surface area contributed by atoms with E-state index in [9.17, 15) is 9.18 Å². The second-order valence-electron chi connectivity index (χ2n) is 5.30. The molecule has 0 unspecified atom stereocenters. The Balaban J connectivity index is 1.62. The van der Waals surface area contributed by atoms with Gasteiger partial charge in [0.15, 0.2) is 0 Å². The summed E-state index contributed by atoms with van der Waals surface area (Å²) in [6.45, 7) is 0.855. The van der Waals surface area contributed by atoms with Crippen LogP contribution in [-0.4, -0.2) is 50.2 Å². The van der Waals surface area contributed by atoms with E-state index in [0.29, 0.717) is 37.6 Å². The first-order valence-electron chi connectivity index (χ1n) is 7.46. The van der Waals surface area contributed by atoms with Gasteiger partial charge in [0, 0.05) is 38.2 Å². The van der Waals surface area contributed by atoms with Gasteiger partial charge in [0.1, 0.15) is 18.2 Å². The number of ether oxygens (including phenoxy) is 1. The maximum atomic E-state index is 13.5. The van der Waals surface area contributed by atoms with Gasteiger partial charge in [-0.15, -0.1) is 0 Å². The Morgan fingerprint density at radius 3 is 2.83 bits per heavy atom. The molecule has 0 atom stereocenters. The molecule has 9 heteroatoms. The number of carboxylic acid groups (broad SMARTS) is 1. The molecule has 2 aromatic rings. The van der Waals surface area contributed by atoms with E-state index in [1.165, 1.54) is 17.4 Å². The molecule has 2 N–H and O–H groups in total. The Morgan fingerprint density at radius 1 is 1.33 bits per heavy atom. The molecular formula is C15H16FN5O3. The molecule has 126 valence electrons. The number of pyridine rings is 1. The first-order valence-corrected chi connectivity index (χ1v) is 7.46. The van der Waals surface area contributed by atoms with Crippen LogP contribution in [0.4, 0.5) is 20.7 Å². The van der Waals surface area contributed by atoms with Crippen LogP contribution in [0.5, 0.6) is 5.88 Å². The van der Waals surface area contributed by atoms with Crippen LogP contribution < -0.4 is 10.1 Å². The van der Waals surface area contributed by atoms with Crippen LogP contribution in [0.25, 0.3) is 0 Å². The highest BCUT2D eigenvalue weighted by molar-refractivity contribution is 5.65. The molecule has 24 heavy (non-hydrogen) atoms. The molecule has 0 aromatic carbocycles. The number of piperidine rings is 1. The van der Waals surface area contributed by atoms with Crippen LogP contribution in [0.3, 0.4) is 0 Å². The zero-order chi connectivity index (χ0) is 16.9. The summed E-state index contributed by atoms with van der Waals surface area (Å²) in [5.74, 6) is 0.111. The monoisotopic (exact) mass is 333 g/mol. The number of hydrogen-bond donors (Lipinski definition) is 2. The molecule has 1 fully saturated rings. The number of halogens is 1. The lowest BCUT2D eigenvalue weighted by atomic mass is 10.1. The van der Waals surface area contributed by atoms with E-state index in [1.54, 1.807) is 18.2 Å². The SMILES string of the molecule is O=C(O)N1CCC(Oc2cc(Nc3cccnc3F)ncn2)CC1. The maximum Gasteiger partial charge on any atom is 0.407 e. The molecule has 8 nitrogen and oxygen atoms in total. The normalized spacial score (nSPS) is 15.1. The number of aromatic nitrogens is 3. The molecule has 1 aliphatic rings. The minimum atomic E-state index is -0.916. The number of anilines is 2. The van der Waals surface area contributed by atoms with Crippen molar-refractivity contribution in [3.8, 4) is 5.88 Å². The number of nitrogens with zero attached hydrogens (tertiary/aromatic N) is 4. The lowest BCUT2D eigenvalue weighted by Crippen LogP contribution is -2.41. The predicted octanol–water partition coefficient (Wildman–Crippen LogP) is 2.28. The fourth-order valence-corrected chi connectivity index (χ4v) is 2.43. The topological polar surface area (TPSA) is 100 Å². The van der Waals surface area contributed by atoms with Gasteiger partial charge >= 0.3 is 6.09 Å². The Kier molecular flexibility index (Phi) is 4.69. The largest absolute Gasteiger partial charge is 0.474 e. The highest BCUT2D eigenvalue weighted by Gasteiger charge is 2.23. The maximum absolute atomic E-state index is 13.5. The van der Waals surface area contributed by atoms with Gasteiger partial charge in [-0.25, -0.2) is 19.7 Å². The molecule has 1 amide bonds. The van der Waals surface area contributed by atoms with E-state index < -0.39 is 12.0 Å². The fourth-order valence-electron chi connectivity index (χ4n) is 2.43. The third-order valence-corrected chi connectivity index (χ3v) is 3.66. The highest BCUT2D eigenvalue weighted by atomic mass is 19.1. The summed E-state index contributed by atoms with van der Waals surface area (Å²) >= 11 is 0. The van der Waals surface area contributed by atoms with Crippen LogP contribution in [0, 0.1) is 5.95 Å². The van der Waals surface area contributed by atoms with Gasteiger partial charge in [0.25, 0.3) is 0 Å². The molecule has 3 rings (SSSR count). The number of hydrogen-bond acceptors (Lipinski definition) is 6. The summed E-state index contributed by atoms with van der Waals surface area (Å²) in [4.78, 5) is 23.9. The van der Waals surface area contributed by atoms with E-state index in [0.717, 1.165) is 0 Å². The first-order chi connectivity index (χ1) is 11.6. The predicted molar refractivity (Wildman–Crippen MR) is 82.8 cm³/mol.